The fourth-order valence-corrected chi connectivity index (χ4v) is 4.58. The molecule has 3 unspecified atom stereocenters. The summed E-state index contributed by atoms with van der Waals surface area (Å²) >= 11 is 2.00. The molecule has 0 spiro atoms. The molecule has 1 fully saturated rings. The van der Waals surface area contributed by atoms with Crippen molar-refractivity contribution in [3.8, 4) is 0 Å². The fourth-order valence-electron chi connectivity index (χ4n) is 3.30. The Kier molecular flexibility index (Phi) is 3.44. The first-order valence-corrected chi connectivity index (χ1v) is 7.71. The van der Waals surface area contributed by atoms with E-state index < -0.39 is 0 Å². The van der Waals surface area contributed by atoms with Gasteiger partial charge >= 0.3 is 0 Å². The minimum atomic E-state index is -0.0296. The van der Waals surface area contributed by atoms with Crippen LogP contribution >= 0.6 is 11.8 Å². The molecular weight excluding hydrogens is 228 g/mol. The van der Waals surface area contributed by atoms with Crippen molar-refractivity contribution in [2.24, 2.45) is 5.92 Å². The molecule has 3 atom stereocenters. The molecule has 1 N–H and O–H groups in total. The molecule has 1 aromatic carbocycles. The van der Waals surface area contributed by atoms with Crippen LogP contribution in [0.3, 0.4) is 0 Å². The second-order valence-corrected chi connectivity index (χ2v) is 6.53. The molecule has 0 bridgehead atoms. The summed E-state index contributed by atoms with van der Waals surface area (Å²) in [7, 11) is 0. The minimum Gasteiger partial charge on any atom is -0.393 e. The second kappa shape index (κ2) is 5.03. The van der Waals surface area contributed by atoms with Crippen LogP contribution in [0.15, 0.2) is 29.2 Å². The van der Waals surface area contributed by atoms with E-state index in [4.69, 9.17) is 0 Å². The van der Waals surface area contributed by atoms with Crippen LogP contribution in [0, 0.1) is 5.92 Å². The SMILES string of the molecule is OC1CCCC(CC2CSc3ccccc32)C1. The summed E-state index contributed by atoms with van der Waals surface area (Å²) in [6.07, 6.45) is 5.84. The quantitative estimate of drug-likeness (QED) is 0.858. The number of rotatable bonds is 2. The summed E-state index contributed by atoms with van der Waals surface area (Å²) in [5.41, 5.74) is 1.55. The molecule has 1 aliphatic heterocycles. The maximum atomic E-state index is 9.74. The van der Waals surface area contributed by atoms with Crippen LogP contribution in [0.5, 0.6) is 0 Å². The molecule has 0 amide bonds. The van der Waals surface area contributed by atoms with Gasteiger partial charge in [0.1, 0.15) is 0 Å². The van der Waals surface area contributed by atoms with E-state index >= 15 is 0 Å². The van der Waals surface area contributed by atoms with Gasteiger partial charge in [-0.15, -0.1) is 11.8 Å². The van der Waals surface area contributed by atoms with Crippen molar-refractivity contribution in [2.75, 3.05) is 5.75 Å². The Hall–Kier alpha value is -0.470. The molecule has 1 aliphatic carbocycles. The van der Waals surface area contributed by atoms with Crippen molar-refractivity contribution >= 4 is 11.8 Å². The Morgan fingerprint density at radius 3 is 3.00 bits per heavy atom. The minimum absolute atomic E-state index is 0.0296. The molecule has 1 saturated carbocycles. The van der Waals surface area contributed by atoms with Crippen LogP contribution in [-0.2, 0) is 0 Å². The van der Waals surface area contributed by atoms with E-state index in [1.807, 2.05) is 11.8 Å². The summed E-state index contributed by atoms with van der Waals surface area (Å²) < 4.78 is 0. The zero-order valence-corrected chi connectivity index (χ0v) is 11.0. The maximum absolute atomic E-state index is 9.74. The molecule has 92 valence electrons. The van der Waals surface area contributed by atoms with E-state index in [1.54, 1.807) is 5.56 Å². The van der Waals surface area contributed by atoms with Crippen LogP contribution in [-0.4, -0.2) is 17.0 Å². The van der Waals surface area contributed by atoms with E-state index in [2.05, 4.69) is 24.3 Å². The molecule has 0 aromatic heterocycles. The first kappa shape index (κ1) is 11.6. The molecule has 1 aromatic rings. The molecule has 0 saturated heterocycles. The lowest BCUT2D eigenvalue weighted by atomic mass is 9.80. The first-order valence-electron chi connectivity index (χ1n) is 6.72. The lowest BCUT2D eigenvalue weighted by Gasteiger charge is -2.28. The summed E-state index contributed by atoms with van der Waals surface area (Å²) in [6, 6.07) is 8.83. The molecule has 1 nitrogen and oxygen atoms in total. The molecular formula is C15H20OS. The zero-order valence-electron chi connectivity index (χ0n) is 10.1. The number of aliphatic hydroxyl groups is 1. The number of fused-ring (bicyclic) bond motifs is 1. The van der Waals surface area contributed by atoms with Gasteiger partial charge in [0.05, 0.1) is 6.10 Å². The number of aliphatic hydroxyl groups excluding tert-OH is 1. The highest BCUT2D eigenvalue weighted by Crippen LogP contribution is 2.44. The molecule has 2 heteroatoms. The van der Waals surface area contributed by atoms with Gasteiger partial charge < -0.3 is 5.11 Å². The van der Waals surface area contributed by atoms with Crippen LogP contribution in [0.2, 0.25) is 0 Å². The van der Waals surface area contributed by atoms with Crippen molar-refractivity contribution in [3.63, 3.8) is 0 Å². The number of hydrogen-bond donors (Lipinski definition) is 1. The summed E-state index contributed by atoms with van der Waals surface area (Å²) in [4.78, 5) is 1.48. The van der Waals surface area contributed by atoms with E-state index in [-0.39, 0.29) is 6.10 Å². The van der Waals surface area contributed by atoms with E-state index in [1.165, 1.54) is 29.9 Å². The van der Waals surface area contributed by atoms with Gasteiger partial charge in [-0.1, -0.05) is 31.0 Å². The van der Waals surface area contributed by atoms with Gasteiger partial charge in [0.15, 0.2) is 0 Å². The van der Waals surface area contributed by atoms with Gasteiger partial charge in [0.2, 0.25) is 0 Å². The lowest BCUT2D eigenvalue weighted by molar-refractivity contribution is 0.0965. The third-order valence-corrected chi connectivity index (χ3v) is 5.42. The van der Waals surface area contributed by atoms with Crippen molar-refractivity contribution < 1.29 is 5.11 Å². The van der Waals surface area contributed by atoms with Gasteiger partial charge in [0.25, 0.3) is 0 Å². The molecule has 2 aliphatic rings. The lowest BCUT2D eigenvalue weighted by Crippen LogP contribution is -2.21. The summed E-state index contributed by atoms with van der Waals surface area (Å²) in [5.74, 6) is 2.72. The topological polar surface area (TPSA) is 20.2 Å². The predicted molar refractivity (Wildman–Crippen MR) is 72.5 cm³/mol. The fraction of sp³-hybridized carbons (Fsp3) is 0.600. The Balaban J connectivity index is 1.67. The number of benzene rings is 1. The zero-order chi connectivity index (χ0) is 11.7. The monoisotopic (exact) mass is 248 g/mol. The highest BCUT2D eigenvalue weighted by atomic mass is 32.2. The summed E-state index contributed by atoms with van der Waals surface area (Å²) in [5, 5.41) is 9.74. The van der Waals surface area contributed by atoms with Gasteiger partial charge in [-0.25, -0.2) is 0 Å². The molecule has 1 heterocycles. The molecule has 3 rings (SSSR count). The van der Waals surface area contributed by atoms with Gasteiger partial charge in [-0.3, -0.25) is 0 Å². The smallest absolute Gasteiger partial charge is 0.0542 e. The maximum Gasteiger partial charge on any atom is 0.0542 e. The van der Waals surface area contributed by atoms with Crippen molar-refractivity contribution in [3.05, 3.63) is 29.8 Å². The van der Waals surface area contributed by atoms with Gasteiger partial charge in [-0.05, 0) is 42.7 Å². The van der Waals surface area contributed by atoms with Crippen LogP contribution in [0.25, 0.3) is 0 Å². The van der Waals surface area contributed by atoms with Crippen molar-refractivity contribution in [1.29, 1.82) is 0 Å². The van der Waals surface area contributed by atoms with E-state index in [0.29, 0.717) is 0 Å². The van der Waals surface area contributed by atoms with Gasteiger partial charge in [0, 0.05) is 10.6 Å². The molecule has 17 heavy (non-hydrogen) atoms. The Morgan fingerprint density at radius 1 is 1.24 bits per heavy atom. The standard InChI is InChI=1S/C15H20OS/c16-13-5-3-4-11(9-13)8-12-10-17-15-7-2-1-6-14(12)15/h1-2,6-7,11-13,16H,3-5,8-10H2. The summed E-state index contributed by atoms with van der Waals surface area (Å²) in [6.45, 7) is 0. The largest absolute Gasteiger partial charge is 0.393 e. The highest BCUT2D eigenvalue weighted by Gasteiger charge is 2.28. The van der Waals surface area contributed by atoms with Crippen molar-refractivity contribution in [2.45, 2.75) is 49.0 Å². The van der Waals surface area contributed by atoms with Crippen LogP contribution < -0.4 is 0 Å². The number of thioether (sulfide) groups is 1. The normalized spacial score (nSPS) is 32.4. The Labute approximate surface area is 108 Å². The average molecular weight is 248 g/mol. The highest BCUT2D eigenvalue weighted by molar-refractivity contribution is 7.99. The number of hydrogen-bond acceptors (Lipinski definition) is 2. The third kappa shape index (κ3) is 2.53. The van der Waals surface area contributed by atoms with Crippen LogP contribution in [0.4, 0.5) is 0 Å². The third-order valence-electron chi connectivity index (χ3n) is 4.17. The molecule has 0 radical (unpaired) electrons. The predicted octanol–water partition coefficient (Wildman–Crippen LogP) is 3.82. The Morgan fingerprint density at radius 2 is 2.12 bits per heavy atom. The Bertz CT molecular complexity index is 390. The van der Waals surface area contributed by atoms with E-state index in [0.717, 1.165) is 24.7 Å². The van der Waals surface area contributed by atoms with Crippen LogP contribution in [0.1, 0.15) is 43.6 Å². The first-order chi connectivity index (χ1) is 8.33. The van der Waals surface area contributed by atoms with E-state index in [9.17, 15) is 5.11 Å². The van der Waals surface area contributed by atoms with Gasteiger partial charge in [-0.2, -0.15) is 0 Å². The average Bonchev–Trinajstić information content (AvgIpc) is 2.73. The second-order valence-electron chi connectivity index (χ2n) is 5.47. The van der Waals surface area contributed by atoms with Crippen molar-refractivity contribution in [1.82, 2.24) is 0 Å².